The van der Waals surface area contributed by atoms with Gasteiger partial charge in [0, 0.05) is 18.1 Å². The summed E-state index contributed by atoms with van der Waals surface area (Å²) >= 11 is 0. The van der Waals surface area contributed by atoms with E-state index in [0.29, 0.717) is 12.3 Å². The normalized spacial score (nSPS) is 18.7. The van der Waals surface area contributed by atoms with Crippen LogP contribution in [0.25, 0.3) is 0 Å². The van der Waals surface area contributed by atoms with Crippen LogP contribution in [0.4, 0.5) is 10.3 Å². The fourth-order valence-corrected chi connectivity index (χ4v) is 4.73. The van der Waals surface area contributed by atoms with Crippen molar-refractivity contribution in [2.75, 3.05) is 11.9 Å². The minimum Gasteiger partial charge on any atom is -0.353 e. The maximum Gasteiger partial charge on any atom is 0.248 e. The van der Waals surface area contributed by atoms with E-state index in [4.69, 9.17) is 14.0 Å². The van der Waals surface area contributed by atoms with Crippen LogP contribution in [0.3, 0.4) is 0 Å². The number of benzene rings is 1. The fraction of sp³-hybridized carbons (Fsp3) is 0.565. The smallest absolute Gasteiger partial charge is 0.248 e. The first-order valence-electron chi connectivity index (χ1n) is 10.9. The Morgan fingerprint density at radius 1 is 1.21 bits per heavy atom. The van der Waals surface area contributed by atoms with Crippen molar-refractivity contribution in [1.29, 1.82) is 0 Å². The molecule has 2 atom stereocenters. The van der Waals surface area contributed by atoms with Crippen LogP contribution in [0.1, 0.15) is 59.6 Å². The van der Waals surface area contributed by atoms with Gasteiger partial charge in [0.1, 0.15) is 10.6 Å². The minimum atomic E-state index is -4.10. The molecule has 2 heterocycles. The Balaban J connectivity index is 1.72. The zero-order valence-corrected chi connectivity index (χ0v) is 20.4. The predicted octanol–water partition coefficient (Wildman–Crippen LogP) is 4.21. The molecule has 1 amide bonds. The molecule has 0 radical (unpaired) electrons. The Labute approximate surface area is 193 Å². The average molecular weight is 483 g/mol. The van der Waals surface area contributed by atoms with Gasteiger partial charge >= 0.3 is 0 Å². The fourth-order valence-electron chi connectivity index (χ4n) is 3.36. The summed E-state index contributed by atoms with van der Waals surface area (Å²) in [6.45, 7) is 9.03. The van der Waals surface area contributed by atoms with Crippen LogP contribution >= 0.6 is 0 Å². The molecule has 1 aliphatic rings. The van der Waals surface area contributed by atoms with E-state index in [1.165, 1.54) is 13.8 Å². The Morgan fingerprint density at radius 2 is 1.88 bits per heavy atom. The second-order valence-corrected chi connectivity index (χ2v) is 11.8. The number of anilines is 1. The first-order chi connectivity index (χ1) is 15.4. The van der Waals surface area contributed by atoms with Crippen LogP contribution in [-0.4, -0.2) is 43.2 Å². The summed E-state index contributed by atoms with van der Waals surface area (Å²) in [6, 6.07) is 5.89. The molecular weight excluding hydrogens is 451 g/mol. The van der Waals surface area contributed by atoms with Crippen LogP contribution in [0.2, 0.25) is 0 Å². The Hall–Kier alpha value is -2.30. The van der Waals surface area contributed by atoms with Crippen LogP contribution in [-0.2, 0) is 29.5 Å². The quantitative estimate of drug-likeness (QED) is 0.562. The molecule has 182 valence electrons. The highest BCUT2D eigenvalue weighted by Crippen LogP contribution is 2.33. The van der Waals surface area contributed by atoms with Gasteiger partial charge in [-0.1, -0.05) is 19.0 Å². The molecule has 3 rings (SSSR count). The Kier molecular flexibility index (Phi) is 7.30. The molecule has 1 aromatic heterocycles. The molecule has 0 aliphatic carbocycles. The van der Waals surface area contributed by atoms with E-state index in [9.17, 15) is 17.6 Å². The molecule has 1 fully saturated rings. The number of hydrogen-bond acceptors (Lipinski definition) is 7. The van der Waals surface area contributed by atoms with Gasteiger partial charge in [-0.05, 0) is 64.3 Å². The zero-order chi connectivity index (χ0) is 24.4. The second kappa shape index (κ2) is 9.52. The number of carbonyl (C=O) groups is 1. The maximum atomic E-state index is 13.2. The van der Waals surface area contributed by atoms with Crippen LogP contribution in [0.5, 0.6) is 0 Å². The Morgan fingerprint density at radius 3 is 2.48 bits per heavy atom. The van der Waals surface area contributed by atoms with Crippen LogP contribution in [0, 0.1) is 5.82 Å². The van der Waals surface area contributed by atoms with Crippen molar-refractivity contribution in [3.05, 3.63) is 41.8 Å². The SMILES string of the molecule is C[C@H](OC1CCCCO1)C(C)(C)c1cc(NC(=O)C(C)(C)S(=O)(=O)c2ccc(F)cc2)on1. The van der Waals surface area contributed by atoms with Crippen molar-refractivity contribution in [2.24, 2.45) is 0 Å². The summed E-state index contributed by atoms with van der Waals surface area (Å²) in [7, 11) is -4.10. The van der Waals surface area contributed by atoms with Crippen molar-refractivity contribution in [1.82, 2.24) is 5.16 Å². The van der Waals surface area contributed by atoms with Crippen molar-refractivity contribution < 1.29 is 31.6 Å². The van der Waals surface area contributed by atoms with E-state index in [1.807, 2.05) is 20.8 Å². The minimum absolute atomic E-state index is 0.0200. The molecule has 0 saturated carbocycles. The van der Waals surface area contributed by atoms with Crippen molar-refractivity contribution in [3.8, 4) is 0 Å². The van der Waals surface area contributed by atoms with E-state index in [-0.39, 0.29) is 23.2 Å². The van der Waals surface area contributed by atoms with E-state index < -0.39 is 31.7 Å². The summed E-state index contributed by atoms with van der Waals surface area (Å²) in [6.07, 6.45) is 2.38. The lowest BCUT2D eigenvalue weighted by Gasteiger charge is -2.34. The molecule has 33 heavy (non-hydrogen) atoms. The molecule has 1 unspecified atom stereocenters. The Bertz CT molecular complexity index is 1070. The number of rotatable bonds is 8. The van der Waals surface area contributed by atoms with Crippen molar-refractivity contribution in [3.63, 3.8) is 0 Å². The van der Waals surface area contributed by atoms with Crippen LogP contribution < -0.4 is 5.32 Å². The van der Waals surface area contributed by atoms with Crippen molar-refractivity contribution in [2.45, 2.75) is 81.3 Å². The number of ether oxygens (including phenoxy) is 2. The van der Waals surface area contributed by atoms with Gasteiger partial charge < -0.3 is 14.0 Å². The zero-order valence-electron chi connectivity index (χ0n) is 19.6. The number of amides is 1. The highest BCUT2D eigenvalue weighted by Gasteiger charge is 2.43. The topological polar surface area (TPSA) is 108 Å². The number of hydrogen-bond donors (Lipinski definition) is 1. The molecular formula is C23H31FN2O6S. The molecule has 1 aliphatic heterocycles. The molecule has 1 aromatic carbocycles. The summed E-state index contributed by atoms with van der Waals surface area (Å²) in [5.74, 6) is -1.35. The number of aromatic nitrogens is 1. The lowest BCUT2D eigenvalue weighted by atomic mass is 9.84. The van der Waals surface area contributed by atoms with Gasteiger partial charge in [0.05, 0.1) is 16.7 Å². The summed E-state index contributed by atoms with van der Waals surface area (Å²) < 4.78 is 54.3. The van der Waals surface area contributed by atoms with Gasteiger partial charge in [-0.15, -0.1) is 0 Å². The van der Waals surface area contributed by atoms with E-state index in [2.05, 4.69) is 10.5 Å². The van der Waals surface area contributed by atoms with Crippen molar-refractivity contribution >= 4 is 21.6 Å². The molecule has 1 N–H and O–H groups in total. The largest absolute Gasteiger partial charge is 0.353 e. The molecule has 10 heteroatoms. The van der Waals surface area contributed by atoms with Gasteiger partial charge in [-0.3, -0.25) is 10.1 Å². The summed E-state index contributed by atoms with van der Waals surface area (Å²) in [5, 5.41) is 6.56. The highest BCUT2D eigenvalue weighted by molar-refractivity contribution is 7.93. The third kappa shape index (κ3) is 5.28. The second-order valence-electron chi connectivity index (χ2n) is 9.29. The van der Waals surface area contributed by atoms with Gasteiger partial charge in [0.15, 0.2) is 16.1 Å². The summed E-state index contributed by atoms with van der Waals surface area (Å²) in [4.78, 5) is 12.7. The molecule has 1 saturated heterocycles. The van der Waals surface area contributed by atoms with E-state index in [0.717, 1.165) is 43.5 Å². The third-order valence-electron chi connectivity index (χ3n) is 6.26. The molecule has 0 bridgehead atoms. The first kappa shape index (κ1) is 25.3. The number of sulfone groups is 1. The average Bonchev–Trinajstić information content (AvgIpc) is 3.24. The van der Waals surface area contributed by atoms with E-state index >= 15 is 0 Å². The lowest BCUT2D eigenvalue weighted by Crippen LogP contribution is -2.44. The summed E-state index contributed by atoms with van der Waals surface area (Å²) in [5.41, 5.74) is -0.0245. The number of nitrogens with zero attached hydrogens (tertiary/aromatic N) is 1. The predicted molar refractivity (Wildman–Crippen MR) is 120 cm³/mol. The van der Waals surface area contributed by atoms with Gasteiger partial charge in [-0.2, -0.15) is 0 Å². The molecule has 2 aromatic rings. The van der Waals surface area contributed by atoms with Gasteiger partial charge in [0.25, 0.3) is 0 Å². The number of carbonyl (C=O) groups excluding carboxylic acids is 1. The number of halogens is 1. The molecule has 8 nitrogen and oxygen atoms in total. The van der Waals surface area contributed by atoms with Gasteiger partial charge in [-0.25, -0.2) is 12.8 Å². The van der Waals surface area contributed by atoms with Crippen LogP contribution in [0.15, 0.2) is 39.8 Å². The van der Waals surface area contributed by atoms with E-state index in [1.54, 1.807) is 6.07 Å². The lowest BCUT2D eigenvalue weighted by molar-refractivity contribution is -0.196. The number of nitrogens with one attached hydrogen (secondary N) is 1. The maximum absolute atomic E-state index is 13.2. The third-order valence-corrected chi connectivity index (χ3v) is 8.68. The molecule has 0 spiro atoms. The highest BCUT2D eigenvalue weighted by atomic mass is 32.2. The standard InChI is InChI=1S/C23H31FN2O6S/c1-15(31-20-8-6-7-13-30-20)22(2,3)18-14-19(32-26-18)25-21(27)23(4,5)33(28,29)17-11-9-16(24)10-12-17/h9-12,14-15,20H,6-8,13H2,1-5H3,(H,25,27)/t15-,20?/m0/s1. The monoisotopic (exact) mass is 482 g/mol. The first-order valence-corrected chi connectivity index (χ1v) is 12.4. The van der Waals surface area contributed by atoms with Gasteiger partial charge in [0.2, 0.25) is 11.8 Å².